The Bertz CT molecular complexity index is 906. The number of aliphatic carboxylic acids is 1. The molecule has 4 nitrogen and oxygen atoms in total. The molecule has 2 heterocycles. The fraction of sp³-hybridized carbons (Fsp3) is 0.381. The zero-order chi connectivity index (χ0) is 18.9. The van der Waals surface area contributed by atoms with Gasteiger partial charge in [-0.25, -0.2) is 9.97 Å². The van der Waals surface area contributed by atoms with Gasteiger partial charge < -0.3 is 9.90 Å². The second-order valence-corrected chi connectivity index (χ2v) is 9.57. The number of carbonyl (C=O) groups is 1. The number of nitrogens with zero attached hydrogens (tertiary/aromatic N) is 2. The van der Waals surface area contributed by atoms with E-state index in [0.717, 1.165) is 12.0 Å². The predicted octanol–water partition coefficient (Wildman–Crippen LogP) is 2.72. The van der Waals surface area contributed by atoms with Gasteiger partial charge in [0.2, 0.25) is 0 Å². The van der Waals surface area contributed by atoms with E-state index in [-0.39, 0.29) is 22.4 Å². The van der Waals surface area contributed by atoms with E-state index in [1.165, 1.54) is 10.5 Å². The van der Waals surface area contributed by atoms with Crippen LogP contribution in [0.4, 0.5) is 0 Å². The Morgan fingerprint density at radius 2 is 1.81 bits per heavy atom. The van der Waals surface area contributed by atoms with Crippen LogP contribution >= 0.6 is 11.8 Å². The Labute approximate surface area is 158 Å². The van der Waals surface area contributed by atoms with E-state index in [2.05, 4.69) is 61.6 Å². The lowest BCUT2D eigenvalue weighted by molar-refractivity contribution is -0.304. The summed E-state index contributed by atoms with van der Waals surface area (Å²) in [5, 5.41) is 10.6. The number of benzene rings is 1. The molecule has 0 bridgehead atoms. The largest absolute Gasteiger partial charge is 0.550 e. The molecule has 0 radical (unpaired) electrons. The molecule has 134 valence electrons. The van der Waals surface area contributed by atoms with Crippen LogP contribution in [0.5, 0.6) is 0 Å². The third-order valence-corrected chi connectivity index (χ3v) is 5.59. The van der Waals surface area contributed by atoms with Crippen LogP contribution in [0.15, 0.2) is 35.5 Å². The summed E-state index contributed by atoms with van der Waals surface area (Å²) in [6.07, 6.45) is 3.90. The molecule has 0 saturated carbocycles. The summed E-state index contributed by atoms with van der Waals surface area (Å²) in [5.74, 6) is 5.24. The Morgan fingerprint density at radius 3 is 2.46 bits per heavy atom. The number of hydrogen-bond donors (Lipinski definition) is 0. The predicted molar refractivity (Wildman–Crippen MR) is 101 cm³/mol. The summed E-state index contributed by atoms with van der Waals surface area (Å²) in [7, 11) is 0. The lowest BCUT2D eigenvalue weighted by Crippen LogP contribution is -2.33. The molecule has 2 aromatic rings. The van der Waals surface area contributed by atoms with E-state index in [4.69, 9.17) is 0 Å². The maximum Gasteiger partial charge on any atom is 0.133 e. The number of rotatable bonds is 2. The van der Waals surface area contributed by atoms with Crippen LogP contribution < -0.4 is 5.11 Å². The highest BCUT2D eigenvalue weighted by atomic mass is 32.2. The molecule has 1 aliphatic heterocycles. The Balaban J connectivity index is 1.85. The van der Waals surface area contributed by atoms with E-state index in [9.17, 15) is 9.90 Å². The minimum absolute atomic E-state index is 0.109. The normalized spacial score (nSPS) is 16.9. The average molecular weight is 365 g/mol. The summed E-state index contributed by atoms with van der Waals surface area (Å²) in [5.41, 5.74) is 3.06. The van der Waals surface area contributed by atoms with Crippen molar-refractivity contribution in [1.82, 2.24) is 9.97 Å². The van der Waals surface area contributed by atoms with Gasteiger partial charge in [-0.2, -0.15) is 0 Å². The molecule has 0 saturated heterocycles. The number of carboxylic acid groups (broad SMARTS) is 1. The molecule has 0 N–H and O–H groups in total. The van der Waals surface area contributed by atoms with Gasteiger partial charge in [-0.1, -0.05) is 39.5 Å². The molecule has 1 aromatic carbocycles. The van der Waals surface area contributed by atoms with E-state index >= 15 is 0 Å². The van der Waals surface area contributed by atoms with E-state index in [1.807, 2.05) is 17.8 Å². The summed E-state index contributed by atoms with van der Waals surface area (Å²) in [6, 6.07) is 6.38. The zero-order valence-electron chi connectivity index (χ0n) is 15.4. The lowest BCUT2D eigenvalue weighted by atomic mass is 9.76. The van der Waals surface area contributed by atoms with Crippen molar-refractivity contribution in [3.8, 4) is 11.8 Å². The van der Waals surface area contributed by atoms with Crippen molar-refractivity contribution in [2.24, 2.45) is 0 Å². The molecule has 1 aromatic heterocycles. The molecule has 0 unspecified atom stereocenters. The van der Waals surface area contributed by atoms with Crippen molar-refractivity contribution in [1.29, 1.82) is 0 Å². The van der Waals surface area contributed by atoms with Gasteiger partial charge in [0.25, 0.3) is 0 Å². The van der Waals surface area contributed by atoms with E-state index < -0.39 is 5.97 Å². The first-order chi connectivity index (χ1) is 12.1. The first kappa shape index (κ1) is 18.5. The monoisotopic (exact) mass is 365 g/mol. The third-order valence-electron chi connectivity index (χ3n) is 4.32. The first-order valence-electron chi connectivity index (χ1n) is 8.51. The quantitative estimate of drug-likeness (QED) is 0.766. The molecule has 0 atom stereocenters. The van der Waals surface area contributed by atoms with Gasteiger partial charge in [-0.05, 0) is 35.6 Å². The van der Waals surface area contributed by atoms with E-state index in [1.54, 1.807) is 12.4 Å². The molecular weight excluding hydrogens is 344 g/mol. The van der Waals surface area contributed by atoms with Gasteiger partial charge in [0.1, 0.15) is 5.82 Å². The number of carboxylic acids is 1. The number of aromatic nitrogens is 2. The summed E-state index contributed by atoms with van der Waals surface area (Å²) >= 11 is 1.92. The van der Waals surface area contributed by atoms with Gasteiger partial charge in [0.05, 0.1) is 5.56 Å². The molecule has 5 heteroatoms. The number of thioether (sulfide) groups is 1. The van der Waals surface area contributed by atoms with Crippen molar-refractivity contribution in [2.75, 3.05) is 0 Å². The fourth-order valence-corrected chi connectivity index (χ4v) is 5.11. The Hall–Kier alpha value is -2.32. The van der Waals surface area contributed by atoms with Crippen LogP contribution in [-0.2, 0) is 16.6 Å². The minimum Gasteiger partial charge on any atom is -0.550 e. The van der Waals surface area contributed by atoms with Crippen LogP contribution in [0.3, 0.4) is 0 Å². The summed E-state index contributed by atoms with van der Waals surface area (Å²) < 4.78 is 0.230. The Morgan fingerprint density at radius 1 is 1.15 bits per heavy atom. The van der Waals surface area contributed by atoms with Crippen LogP contribution in [0, 0.1) is 11.8 Å². The van der Waals surface area contributed by atoms with Crippen molar-refractivity contribution in [2.45, 2.75) is 55.6 Å². The van der Waals surface area contributed by atoms with Gasteiger partial charge in [-0.15, -0.1) is 11.8 Å². The minimum atomic E-state index is -1.19. The standard InChI is InChI=1S/C21H22N2O2S/c1-20(2)13-21(3,4)26-17-8-7-14(9-16(17)20)5-6-15-11-22-18(23-12-15)10-19(24)25/h7-9,11-12H,10,13H2,1-4H3,(H,24,25)/p-1. The molecular formula is C21H21N2O2S-. The zero-order valence-corrected chi connectivity index (χ0v) is 16.2. The van der Waals surface area contributed by atoms with Crippen LogP contribution in [0.25, 0.3) is 0 Å². The maximum atomic E-state index is 10.6. The molecule has 0 aliphatic carbocycles. The van der Waals surface area contributed by atoms with Crippen molar-refractivity contribution in [3.05, 3.63) is 53.1 Å². The van der Waals surface area contributed by atoms with Crippen LogP contribution in [-0.4, -0.2) is 20.7 Å². The molecule has 26 heavy (non-hydrogen) atoms. The van der Waals surface area contributed by atoms with Crippen LogP contribution in [0.1, 0.15) is 56.6 Å². The Kier molecular flexibility index (Phi) is 4.81. The van der Waals surface area contributed by atoms with Gasteiger partial charge in [0.15, 0.2) is 0 Å². The second kappa shape index (κ2) is 6.77. The smallest absolute Gasteiger partial charge is 0.133 e. The van der Waals surface area contributed by atoms with Crippen molar-refractivity contribution in [3.63, 3.8) is 0 Å². The van der Waals surface area contributed by atoms with Crippen molar-refractivity contribution >= 4 is 17.7 Å². The molecule has 1 aliphatic rings. The summed E-state index contributed by atoms with van der Waals surface area (Å²) in [4.78, 5) is 19.9. The van der Waals surface area contributed by atoms with Gasteiger partial charge in [-0.3, -0.25) is 0 Å². The topological polar surface area (TPSA) is 65.9 Å². The summed E-state index contributed by atoms with van der Waals surface area (Å²) in [6.45, 7) is 9.16. The molecule has 0 amide bonds. The SMILES string of the molecule is CC1(C)CC(C)(C)c2cc(C#Cc3cnc(CC(=O)[O-])nc3)ccc2S1. The lowest BCUT2D eigenvalue weighted by Gasteiger charge is -2.41. The maximum absolute atomic E-state index is 10.6. The highest BCUT2D eigenvalue weighted by Gasteiger charge is 2.37. The van der Waals surface area contributed by atoms with Crippen molar-refractivity contribution < 1.29 is 9.90 Å². The molecule has 3 rings (SSSR count). The third kappa shape index (κ3) is 4.25. The second-order valence-electron chi connectivity index (χ2n) is 7.82. The number of hydrogen-bond acceptors (Lipinski definition) is 5. The average Bonchev–Trinajstić information content (AvgIpc) is 2.52. The highest BCUT2D eigenvalue weighted by Crippen LogP contribution is 2.50. The van der Waals surface area contributed by atoms with Gasteiger partial charge in [0, 0.05) is 40.0 Å². The van der Waals surface area contributed by atoms with E-state index in [0.29, 0.717) is 5.56 Å². The number of fused-ring (bicyclic) bond motifs is 1. The molecule has 0 fully saturated rings. The first-order valence-corrected chi connectivity index (χ1v) is 9.33. The molecule has 0 spiro atoms. The number of carbonyl (C=O) groups excluding carboxylic acids is 1. The fourth-order valence-electron chi connectivity index (χ4n) is 3.50. The van der Waals surface area contributed by atoms with Crippen LogP contribution in [0.2, 0.25) is 0 Å². The highest BCUT2D eigenvalue weighted by molar-refractivity contribution is 8.00. The van der Waals surface area contributed by atoms with Gasteiger partial charge >= 0.3 is 0 Å².